The first kappa shape index (κ1) is 9.03. The molecule has 1 aromatic heterocycles. The lowest BCUT2D eigenvalue weighted by molar-refractivity contribution is -0.593. The third kappa shape index (κ3) is 1.56. The van der Waals surface area contributed by atoms with Gasteiger partial charge in [-0.3, -0.25) is 0 Å². The van der Waals surface area contributed by atoms with Crippen LogP contribution in [0.3, 0.4) is 0 Å². The Morgan fingerprint density at radius 3 is 2.71 bits per heavy atom. The van der Waals surface area contributed by atoms with Crippen LogP contribution in [0, 0.1) is 11.3 Å². The molecule has 0 saturated heterocycles. The maximum absolute atomic E-state index is 11.4. The molecule has 2 nitrogen and oxygen atoms in total. The normalized spacial score (nSPS) is 10.1. The summed E-state index contributed by atoms with van der Waals surface area (Å²) in [6.07, 6.45) is 1.33. The molecule has 14 heavy (non-hydrogen) atoms. The van der Waals surface area contributed by atoms with Gasteiger partial charge in [0.2, 0.25) is 5.69 Å². The highest BCUT2D eigenvalue weighted by atomic mass is 35.5. The predicted molar refractivity (Wildman–Crippen MR) is 54.7 cm³/mol. The van der Waals surface area contributed by atoms with Crippen molar-refractivity contribution in [2.75, 3.05) is 0 Å². The topological polar surface area (TPSA) is 26.9 Å². The molecule has 0 N–H and O–H groups in total. The predicted octanol–water partition coefficient (Wildman–Crippen LogP) is 2.44. The number of hydrogen-bond donors (Lipinski definition) is 0. The highest BCUT2D eigenvalue weighted by Gasteiger charge is 2.09. The fourth-order valence-corrected chi connectivity index (χ4v) is 1.49. The van der Waals surface area contributed by atoms with E-state index in [2.05, 4.69) is 6.07 Å². The Labute approximate surface area is 87.0 Å². The fourth-order valence-electron chi connectivity index (χ4n) is 1.26. The largest absolute Gasteiger partial charge is 0.618 e. The smallest absolute Gasteiger partial charge is 0.225 e. The number of hydrogen-bond acceptors (Lipinski definition) is 1. The van der Waals surface area contributed by atoms with Gasteiger partial charge in [0, 0.05) is 6.07 Å². The van der Waals surface area contributed by atoms with Crippen molar-refractivity contribution in [1.29, 1.82) is 0 Å². The Morgan fingerprint density at radius 1 is 1.21 bits per heavy atom. The van der Waals surface area contributed by atoms with Crippen LogP contribution in [0.15, 0.2) is 42.6 Å². The van der Waals surface area contributed by atoms with Crippen molar-refractivity contribution >= 4 is 11.6 Å². The molecule has 2 aromatic rings. The maximum Gasteiger partial charge on any atom is 0.225 e. The standard InChI is InChI=1S/C11H7ClNO/c12-10-6-2-1-5-9(10)11-7-3-4-8-13(11)14/h1-3,5-8H. The summed E-state index contributed by atoms with van der Waals surface area (Å²) in [5, 5.41) is 12.0. The third-order valence-corrected chi connectivity index (χ3v) is 2.25. The van der Waals surface area contributed by atoms with Crippen LogP contribution < -0.4 is 4.73 Å². The Balaban J connectivity index is 2.61. The lowest BCUT2D eigenvalue weighted by Crippen LogP contribution is -2.28. The van der Waals surface area contributed by atoms with Gasteiger partial charge in [-0.15, -0.1) is 0 Å². The summed E-state index contributed by atoms with van der Waals surface area (Å²) in [5.74, 6) is 0. The first-order chi connectivity index (χ1) is 6.79. The van der Waals surface area contributed by atoms with Gasteiger partial charge in [0.25, 0.3) is 0 Å². The van der Waals surface area contributed by atoms with E-state index in [0.29, 0.717) is 10.7 Å². The van der Waals surface area contributed by atoms with E-state index < -0.39 is 0 Å². The van der Waals surface area contributed by atoms with Crippen molar-refractivity contribution < 1.29 is 4.73 Å². The van der Waals surface area contributed by atoms with E-state index in [0.717, 1.165) is 10.3 Å². The zero-order valence-corrected chi connectivity index (χ0v) is 8.03. The van der Waals surface area contributed by atoms with Crippen LogP contribution in [0.4, 0.5) is 0 Å². The molecule has 1 radical (unpaired) electrons. The molecule has 0 fully saturated rings. The van der Waals surface area contributed by atoms with Crippen molar-refractivity contribution in [3.8, 4) is 11.3 Å². The Hall–Kier alpha value is -1.54. The SMILES string of the molecule is [O-][n+]1c[c]ccc1-c1ccccc1Cl. The summed E-state index contributed by atoms with van der Waals surface area (Å²) in [6.45, 7) is 0. The van der Waals surface area contributed by atoms with Gasteiger partial charge in [0.05, 0.1) is 16.7 Å². The molecule has 1 heterocycles. The summed E-state index contributed by atoms with van der Waals surface area (Å²) in [7, 11) is 0. The Morgan fingerprint density at radius 2 is 2.00 bits per heavy atom. The average Bonchev–Trinajstić information content (AvgIpc) is 2.20. The van der Waals surface area contributed by atoms with Crippen LogP contribution in [-0.4, -0.2) is 0 Å². The van der Waals surface area contributed by atoms with Gasteiger partial charge in [0.15, 0.2) is 6.20 Å². The van der Waals surface area contributed by atoms with Gasteiger partial charge in [-0.25, -0.2) is 0 Å². The second-order valence-corrected chi connectivity index (χ2v) is 3.23. The third-order valence-electron chi connectivity index (χ3n) is 1.92. The number of nitrogens with zero attached hydrogens (tertiary/aromatic N) is 1. The van der Waals surface area contributed by atoms with Crippen LogP contribution in [0.1, 0.15) is 0 Å². The molecule has 69 valence electrons. The van der Waals surface area contributed by atoms with E-state index in [1.807, 2.05) is 18.2 Å². The summed E-state index contributed by atoms with van der Waals surface area (Å²) in [4.78, 5) is 0. The molecular weight excluding hydrogens is 198 g/mol. The molecule has 0 saturated carbocycles. The van der Waals surface area contributed by atoms with Gasteiger partial charge in [-0.1, -0.05) is 23.7 Å². The number of benzene rings is 1. The fraction of sp³-hybridized carbons (Fsp3) is 0. The maximum atomic E-state index is 11.4. The van der Waals surface area contributed by atoms with Gasteiger partial charge in [-0.05, 0) is 18.2 Å². The zero-order chi connectivity index (χ0) is 9.97. The second kappa shape index (κ2) is 3.68. The van der Waals surface area contributed by atoms with E-state index in [4.69, 9.17) is 11.6 Å². The molecule has 0 spiro atoms. The molecule has 0 amide bonds. The summed E-state index contributed by atoms with van der Waals surface area (Å²) in [6, 6.07) is 13.3. The van der Waals surface area contributed by atoms with E-state index in [1.54, 1.807) is 18.2 Å². The average molecular weight is 205 g/mol. The minimum absolute atomic E-state index is 0.536. The highest BCUT2D eigenvalue weighted by Crippen LogP contribution is 2.24. The first-order valence-corrected chi connectivity index (χ1v) is 4.51. The van der Waals surface area contributed by atoms with Crippen molar-refractivity contribution in [3.05, 3.63) is 58.9 Å². The van der Waals surface area contributed by atoms with Crippen LogP contribution in [0.2, 0.25) is 5.02 Å². The van der Waals surface area contributed by atoms with Crippen molar-refractivity contribution in [2.45, 2.75) is 0 Å². The molecule has 2 rings (SSSR count). The molecule has 0 bridgehead atoms. The number of halogens is 1. The Bertz CT molecular complexity index is 413. The molecule has 3 heteroatoms. The van der Waals surface area contributed by atoms with Gasteiger partial charge in [-0.2, -0.15) is 4.73 Å². The lowest BCUT2D eigenvalue weighted by atomic mass is 10.1. The molecule has 0 aliphatic rings. The quantitative estimate of drug-likeness (QED) is 0.518. The van der Waals surface area contributed by atoms with E-state index >= 15 is 0 Å². The lowest BCUT2D eigenvalue weighted by Gasteiger charge is -2.04. The second-order valence-electron chi connectivity index (χ2n) is 2.82. The van der Waals surface area contributed by atoms with Crippen molar-refractivity contribution in [1.82, 2.24) is 0 Å². The molecule has 1 aromatic carbocycles. The Kier molecular flexibility index (Phi) is 2.37. The molecule has 0 unspecified atom stereocenters. The zero-order valence-electron chi connectivity index (χ0n) is 7.27. The van der Waals surface area contributed by atoms with E-state index in [1.165, 1.54) is 6.20 Å². The minimum Gasteiger partial charge on any atom is -0.618 e. The number of pyridine rings is 1. The summed E-state index contributed by atoms with van der Waals surface area (Å²) >= 11 is 5.97. The van der Waals surface area contributed by atoms with Crippen molar-refractivity contribution in [2.24, 2.45) is 0 Å². The van der Waals surface area contributed by atoms with E-state index in [9.17, 15) is 5.21 Å². The van der Waals surface area contributed by atoms with Crippen molar-refractivity contribution in [3.63, 3.8) is 0 Å². The summed E-state index contributed by atoms with van der Waals surface area (Å²) in [5.41, 5.74) is 1.27. The first-order valence-electron chi connectivity index (χ1n) is 4.13. The molecular formula is C11H7ClNO. The van der Waals surface area contributed by atoms with E-state index in [-0.39, 0.29) is 0 Å². The van der Waals surface area contributed by atoms with Crippen LogP contribution in [0.25, 0.3) is 11.3 Å². The molecule has 0 atom stereocenters. The monoisotopic (exact) mass is 204 g/mol. The summed E-state index contributed by atoms with van der Waals surface area (Å²) < 4.78 is 0.751. The van der Waals surface area contributed by atoms with Crippen LogP contribution >= 0.6 is 11.6 Å². The van der Waals surface area contributed by atoms with Crippen LogP contribution in [-0.2, 0) is 0 Å². The van der Waals surface area contributed by atoms with Gasteiger partial charge in [0.1, 0.15) is 0 Å². The number of aromatic nitrogens is 1. The van der Waals surface area contributed by atoms with Gasteiger partial charge < -0.3 is 5.21 Å². The minimum atomic E-state index is 0.536. The van der Waals surface area contributed by atoms with Gasteiger partial charge >= 0.3 is 0 Å². The van der Waals surface area contributed by atoms with Crippen LogP contribution in [0.5, 0.6) is 0 Å². The molecule has 0 aliphatic carbocycles. The molecule has 0 aliphatic heterocycles. The highest BCUT2D eigenvalue weighted by molar-refractivity contribution is 6.33. The number of rotatable bonds is 1.